The first-order valence-electron chi connectivity index (χ1n) is 2.16. The monoisotopic (exact) mass is 126 g/mol. The lowest BCUT2D eigenvalue weighted by Gasteiger charge is -1.78. The molecule has 0 amide bonds. The summed E-state index contributed by atoms with van der Waals surface area (Å²) < 4.78 is 4.09. The minimum absolute atomic E-state index is 0.222. The summed E-state index contributed by atoms with van der Waals surface area (Å²) in [4.78, 5) is 30.4. The van der Waals surface area contributed by atoms with Crippen LogP contribution in [0.1, 0.15) is 0 Å². The van der Waals surface area contributed by atoms with Gasteiger partial charge >= 0.3 is 5.97 Å². The highest BCUT2D eigenvalue weighted by molar-refractivity contribution is 6.46. The van der Waals surface area contributed by atoms with Gasteiger partial charge in [-0.15, -0.1) is 0 Å². The molecule has 9 heavy (non-hydrogen) atoms. The van der Waals surface area contributed by atoms with Crippen LogP contribution in [0.2, 0.25) is 0 Å². The summed E-state index contributed by atoms with van der Waals surface area (Å²) in [7, 11) is 0. The van der Waals surface area contributed by atoms with Gasteiger partial charge in [-0.25, -0.2) is 4.79 Å². The van der Waals surface area contributed by atoms with Crippen LogP contribution in [0.3, 0.4) is 0 Å². The van der Waals surface area contributed by atoms with E-state index in [1.54, 1.807) is 0 Å². The second kappa shape index (κ2) is 1.81. The van der Waals surface area contributed by atoms with E-state index in [2.05, 4.69) is 4.74 Å². The summed E-state index contributed by atoms with van der Waals surface area (Å²) in [5.41, 5.74) is -0.222. The predicted molar refractivity (Wildman–Crippen MR) is 25.2 cm³/mol. The Morgan fingerprint density at radius 1 is 1.44 bits per heavy atom. The van der Waals surface area contributed by atoms with E-state index in [0.717, 1.165) is 6.26 Å². The SMILES string of the molecule is O=CC1=COC(=O)C1=O. The van der Waals surface area contributed by atoms with E-state index >= 15 is 0 Å². The highest BCUT2D eigenvalue weighted by Gasteiger charge is 2.26. The molecule has 0 saturated carbocycles. The molecule has 0 aliphatic carbocycles. The van der Waals surface area contributed by atoms with Crippen LogP contribution >= 0.6 is 0 Å². The highest BCUT2D eigenvalue weighted by atomic mass is 16.5. The first kappa shape index (κ1) is 5.68. The number of esters is 1. The first-order valence-corrected chi connectivity index (χ1v) is 2.16. The zero-order valence-electron chi connectivity index (χ0n) is 4.29. The molecular formula is C5H2O4. The summed E-state index contributed by atoms with van der Waals surface area (Å²) in [5, 5.41) is 0. The van der Waals surface area contributed by atoms with E-state index in [9.17, 15) is 14.4 Å². The predicted octanol–water partition coefficient (Wildman–Crippen LogP) is -0.805. The zero-order chi connectivity index (χ0) is 6.85. The third kappa shape index (κ3) is 0.739. The van der Waals surface area contributed by atoms with E-state index in [-0.39, 0.29) is 11.9 Å². The lowest BCUT2D eigenvalue weighted by Crippen LogP contribution is -2.09. The van der Waals surface area contributed by atoms with Crippen LogP contribution in [-0.4, -0.2) is 18.0 Å². The van der Waals surface area contributed by atoms with Gasteiger partial charge in [-0.2, -0.15) is 0 Å². The van der Waals surface area contributed by atoms with Crippen LogP contribution in [0.5, 0.6) is 0 Å². The molecule has 0 aromatic rings. The molecule has 1 rings (SSSR count). The summed E-state index contributed by atoms with van der Waals surface area (Å²) in [5.74, 6) is -1.86. The maximum Gasteiger partial charge on any atom is 0.384 e. The quantitative estimate of drug-likeness (QED) is 0.199. The Morgan fingerprint density at radius 2 is 2.11 bits per heavy atom. The number of aldehydes is 1. The number of Topliss-reactive ketones (excluding diaryl/α,β-unsaturated/α-hetero) is 1. The fourth-order valence-electron chi connectivity index (χ4n) is 0.423. The molecule has 0 atom stereocenters. The van der Waals surface area contributed by atoms with Crippen molar-refractivity contribution in [2.75, 3.05) is 0 Å². The van der Waals surface area contributed by atoms with E-state index in [1.807, 2.05) is 0 Å². The standard InChI is InChI=1S/C5H2O4/c6-1-3-2-9-5(8)4(3)7/h1-2H. The van der Waals surface area contributed by atoms with Crippen LogP contribution in [0.25, 0.3) is 0 Å². The smallest absolute Gasteiger partial charge is 0.384 e. The molecule has 4 heteroatoms. The number of carbonyl (C=O) groups excluding carboxylic acids is 3. The van der Waals surface area contributed by atoms with Gasteiger partial charge in [-0.3, -0.25) is 9.59 Å². The van der Waals surface area contributed by atoms with Crippen molar-refractivity contribution in [3.8, 4) is 0 Å². The van der Waals surface area contributed by atoms with Crippen molar-refractivity contribution >= 4 is 18.0 Å². The van der Waals surface area contributed by atoms with E-state index < -0.39 is 11.8 Å². The number of hydrogen-bond donors (Lipinski definition) is 0. The maximum atomic E-state index is 10.4. The number of carbonyl (C=O) groups is 3. The molecule has 1 aliphatic rings. The third-order valence-corrected chi connectivity index (χ3v) is 0.867. The van der Waals surface area contributed by atoms with Crippen LogP contribution in [-0.2, 0) is 19.1 Å². The van der Waals surface area contributed by atoms with Gasteiger partial charge in [0.2, 0.25) is 0 Å². The molecule has 0 bridgehead atoms. The maximum absolute atomic E-state index is 10.4. The molecule has 0 radical (unpaired) electrons. The molecule has 1 aliphatic heterocycles. The van der Waals surface area contributed by atoms with Gasteiger partial charge in [0, 0.05) is 0 Å². The highest BCUT2D eigenvalue weighted by Crippen LogP contribution is 2.03. The summed E-state index contributed by atoms with van der Waals surface area (Å²) >= 11 is 0. The van der Waals surface area contributed by atoms with Crippen LogP contribution in [0.15, 0.2) is 11.8 Å². The Bertz CT molecular complexity index is 213. The van der Waals surface area contributed by atoms with Crippen molar-refractivity contribution in [2.24, 2.45) is 0 Å². The molecule has 4 nitrogen and oxygen atoms in total. The van der Waals surface area contributed by atoms with Crippen molar-refractivity contribution in [2.45, 2.75) is 0 Å². The topological polar surface area (TPSA) is 60.4 Å². The minimum atomic E-state index is -0.989. The summed E-state index contributed by atoms with van der Waals surface area (Å²) in [6, 6.07) is 0. The third-order valence-electron chi connectivity index (χ3n) is 0.867. The average molecular weight is 126 g/mol. The van der Waals surface area contributed by atoms with Gasteiger partial charge in [-0.05, 0) is 0 Å². The van der Waals surface area contributed by atoms with Crippen molar-refractivity contribution < 1.29 is 19.1 Å². The normalized spacial score (nSPS) is 17.1. The van der Waals surface area contributed by atoms with Gasteiger partial charge in [0.25, 0.3) is 5.78 Å². The lowest BCUT2D eigenvalue weighted by atomic mass is 10.2. The van der Waals surface area contributed by atoms with Gasteiger partial charge in [0.15, 0.2) is 6.29 Å². The molecular weight excluding hydrogens is 124 g/mol. The number of ketones is 1. The van der Waals surface area contributed by atoms with Gasteiger partial charge in [-0.1, -0.05) is 0 Å². The van der Waals surface area contributed by atoms with E-state index in [4.69, 9.17) is 0 Å². The molecule has 0 spiro atoms. The fourth-order valence-corrected chi connectivity index (χ4v) is 0.423. The number of ether oxygens (including phenoxy) is 1. The lowest BCUT2D eigenvalue weighted by molar-refractivity contribution is -0.145. The molecule has 46 valence electrons. The Balaban J connectivity index is 2.90. The molecule has 0 saturated heterocycles. The molecule has 0 N–H and O–H groups in total. The van der Waals surface area contributed by atoms with Crippen LogP contribution in [0, 0.1) is 0 Å². The first-order chi connectivity index (χ1) is 4.25. The summed E-state index contributed by atoms with van der Waals surface area (Å²) in [6.07, 6.45) is 1.13. The number of rotatable bonds is 1. The van der Waals surface area contributed by atoms with E-state index in [1.165, 1.54) is 0 Å². The molecule has 0 aromatic carbocycles. The Hall–Kier alpha value is -1.45. The van der Waals surface area contributed by atoms with Crippen molar-refractivity contribution in [3.05, 3.63) is 11.8 Å². The molecule has 0 fully saturated rings. The van der Waals surface area contributed by atoms with Crippen molar-refractivity contribution in [1.29, 1.82) is 0 Å². The zero-order valence-corrected chi connectivity index (χ0v) is 4.29. The van der Waals surface area contributed by atoms with Crippen LogP contribution < -0.4 is 0 Å². The van der Waals surface area contributed by atoms with Gasteiger partial charge < -0.3 is 4.74 Å². The van der Waals surface area contributed by atoms with Crippen LogP contribution in [0.4, 0.5) is 0 Å². The largest absolute Gasteiger partial charge is 0.428 e. The average Bonchev–Trinajstić information content (AvgIpc) is 2.15. The molecule has 0 aromatic heterocycles. The van der Waals surface area contributed by atoms with Gasteiger partial charge in [0.1, 0.15) is 11.8 Å². The number of hydrogen-bond acceptors (Lipinski definition) is 4. The van der Waals surface area contributed by atoms with Crippen molar-refractivity contribution in [1.82, 2.24) is 0 Å². The Kier molecular flexibility index (Phi) is 1.14. The molecule has 1 heterocycles. The van der Waals surface area contributed by atoms with Crippen molar-refractivity contribution in [3.63, 3.8) is 0 Å². The Morgan fingerprint density at radius 3 is 2.33 bits per heavy atom. The minimum Gasteiger partial charge on any atom is -0.428 e. The fraction of sp³-hybridized carbons (Fsp3) is 0. The second-order valence-electron chi connectivity index (χ2n) is 1.43. The van der Waals surface area contributed by atoms with Gasteiger partial charge in [0.05, 0.1) is 0 Å². The van der Waals surface area contributed by atoms with E-state index in [0.29, 0.717) is 0 Å². The Labute approximate surface area is 50.1 Å². The molecule has 0 unspecified atom stereocenters. The number of cyclic esters (lactones) is 1. The summed E-state index contributed by atoms with van der Waals surface area (Å²) in [6.45, 7) is 0. The second-order valence-corrected chi connectivity index (χ2v) is 1.43.